The zero-order valence-corrected chi connectivity index (χ0v) is 74.1. The molecule has 4 saturated heterocycles. The minimum absolute atomic E-state index is 0.0250. The highest BCUT2D eigenvalue weighted by Gasteiger charge is 2.64. The number of alkyl halides is 2. The molecule has 4 aliphatic rings. The lowest BCUT2D eigenvalue weighted by Crippen LogP contribution is -2.63. The van der Waals surface area contributed by atoms with Crippen molar-refractivity contribution in [2.75, 3.05) is 12.5 Å². The number of aromatic nitrogens is 15. The molecular formula is C87H92BCl2N15O28. The molecule has 4 aliphatic heterocycles. The number of halogens is 2. The standard InChI is InChI=1S/C87H92BCl2N15O28/c1-49-36-103(96-91-49)41-65-70(127-80(112)56-24-14-8-15-25-56)69(126-79(111)55-22-12-7-13-23-55)64(32-33-88)84(124-65)118-45-61-37-101(97-93-61)34-35-102-38-62(94-98-102)46-119-85-76(130-83(115)59-30-20-11-21-31-59)73(128-81(113)57-26-16-9-17-27-57)74(129-82(114)58-28-18-10-19-29-58)78(131-85)105-40-63(95-100-105)44-116-43-60-39-104(99-92-60)42-66-71(120-51(3)107)77(123-54(6)110)87(48-89,132-66)133-86-75(122-53(5)109)72(121-52(4)108)68(90)67(125-86)47-117-50(2)106/h7-31,36-40,64-78,84-86H,32-35,41-48,88H2,1-6H3/t64-,65+,66?,67+,68-,69+,70+,71+,72-,73-,74-,75-,76-,77-,78?,84+,85+,86+,87-/m0/s1. The van der Waals surface area contributed by atoms with Crippen molar-refractivity contribution in [1.29, 1.82) is 0 Å². The molecule has 19 atom stereocenters. The summed E-state index contributed by atoms with van der Waals surface area (Å²) >= 11 is 13.5. The highest BCUT2D eigenvalue weighted by atomic mass is 35.5. The first-order valence-corrected chi connectivity index (χ1v) is 43.1. The topological polar surface area (TPSA) is 490 Å². The van der Waals surface area contributed by atoms with Gasteiger partial charge in [-0.15, -0.1) is 48.7 Å². The predicted octanol–water partition coefficient (Wildman–Crippen LogP) is 5.54. The monoisotopic (exact) mass is 1880 g/mol. The number of carbonyl (C=O) groups excluding carboxylic acids is 10. The van der Waals surface area contributed by atoms with Crippen LogP contribution in [0.1, 0.15) is 128 Å². The molecule has 0 spiro atoms. The maximum Gasteiger partial charge on any atom is 0.338 e. The van der Waals surface area contributed by atoms with Gasteiger partial charge < -0.3 is 85.3 Å². The fourth-order valence-electron chi connectivity index (χ4n) is 15.2. The van der Waals surface area contributed by atoms with E-state index in [9.17, 15) is 47.9 Å². The van der Waals surface area contributed by atoms with Crippen molar-refractivity contribution in [3.05, 3.63) is 239 Å². The summed E-state index contributed by atoms with van der Waals surface area (Å²) in [6.45, 7) is 5.58. The van der Waals surface area contributed by atoms with Crippen molar-refractivity contribution in [3.63, 3.8) is 0 Å². The second-order valence-corrected chi connectivity index (χ2v) is 31.9. The Morgan fingerprint density at radius 2 is 0.820 bits per heavy atom. The number of aryl methyl sites for hydroxylation is 3. The number of esters is 10. The van der Waals surface area contributed by atoms with Gasteiger partial charge in [-0.1, -0.05) is 123 Å². The summed E-state index contributed by atoms with van der Waals surface area (Å²) < 4.78 is 119. The van der Waals surface area contributed by atoms with Crippen LogP contribution in [-0.4, -0.2) is 258 Å². The number of rotatable bonds is 39. The van der Waals surface area contributed by atoms with Crippen LogP contribution in [0.4, 0.5) is 0 Å². The minimum atomic E-state index is -2.35. The van der Waals surface area contributed by atoms with Gasteiger partial charge in [0.15, 0.2) is 61.3 Å². The van der Waals surface area contributed by atoms with E-state index in [0.29, 0.717) is 24.1 Å². The Bertz CT molecular complexity index is 5640. The Morgan fingerprint density at radius 3 is 1.32 bits per heavy atom. The third kappa shape index (κ3) is 24.8. The maximum absolute atomic E-state index is 14.6. The van der Waals surface area contributed by atoms with Crippen LogP contribution in [0.25, 0.3) is 0 Å². The van der Waals surface area contributed by atoms with E-state index in [2.05, 4.69) is 51.6 Å². The molecule has 2 unspecified atom stereocenters. The number of carbonyl (C=O) groups is 10. The summed E-state index contributed by atoms with van der Waals surface area (Å²) in [4.78, 5) is 135. The molecule has 133 heavy (non-hydrogen) atoms. The van der Waals surface area contributed by atoms with Crippen molar-refractivity contribution in [1.82, 2.24) is 75.0 Å². The number of ether oxygens (including phenoxy) is 18. The molecule has 46 heteroatoms. The minimum Gasteiger partial charge on any atom is -0.463 e. The lowest BCUT2D eigenvalue weighted by atomic mass is 9.83. The van der Waals surface area contributed by atoms with Crippen LogP contribution in [-0.2, 0) is 162 Å². The maximum atomic E-state index is 14.6. The van der Waals surface area contributed by atoms with Crippen LogP contribution in [0.5, 0.6) is 0 Å². The molecule has 9 heterocycles. The zero-order chi connectivity index (χ0) is 93.8. The number of hydrogen-bond acceptors (Lipinski definition) is 38. The predicted molar refractivity (Wildman–Crippen MR) is 452 cm³/mol. The van der Waals surface area contributed by atoms with Crippen LogP contribution in [0, 0.1) is 12.8 Å². The summed E-state index contributed by atoms with van der Waals surface area (Å²) in [7, 11) is 1.96. The Labute approximate surface area is 768 Å². The number of nitrogens with zero attached hydrogens (tertiary/aromatic N) is 15. The van der Waals surface area contributed by atoms with Crippen LogP contribution < -0.4 is 0 Å². The van der Waals surface area contributed by atoms with E-state index in [0.717, 1.165) is 34.6 Å². The van der Waals surface area contributed by atoms with Gasteiger partial charge in [0.2, 0.25) is 18.4 Å². The molecule has 0 aliphatic carbocycles. The van der Waals surface area contributed by atoms with E-state index in [1.165, 1.54) is 62.8 Å². The largest absolute Gasteiger partial charge is 0.463 e. The Morgan fingerprint density at radius 1 is 0.406 bits per heavy atom. The Hall–Kier alpha value is -13.2. The van der Waals surface area contributed by atoms with Gasteiger partial charge in [0.1, 0.15) is 67.0 Å². The highest BCUT2D eigenvalue weighted by Crippen LogP contribution is 2.44. The molecule has 0 N–H and O–H groups in total. The third-order valence-electron chi connectivity index (χ3n) is 21.1. The molecule has 5 aromatic heterocycles. The molecule has 700 valence electrons. The van der Waals surface area contributed by atoms with Crippen molar-refractivity contribution < 1.29 is 133 Å². The van der Waals surface area contributed by atoms with E-state index in [-0.39, 0.29) is 90.9 Å². The van der Waals surface area contributed by atoms with Crippen molar-refractivity contribution >= 4 is 90.7 Å². The van der Waals surface area contributed by atoms with Crippen molar-refractivity contribution in [2.45, 2.75) is 216 Å². The van der Waals surface area contributed by atoms with Crippen molar-refractivity contribution in [3.8, 4) is 0 Å². The van der Waals surface area contributed by atoms with Crippen LogP contribution in [0.3, 0.4) is 0 Å². The SMILES string of the molecule is BCC[C@@H]1[C@H](OCc2cn(CCn3cc(CO[C@@H]4OC(n5cc(COCc6cn(CC7O[C@@](CCl)(O[C@H]8O[C@H](COC(C)=O)[C@H](Cl)[C@H](OC(C)=O)[C@@H]8OC(C)=O)[C@@H](OC(C)=O)[C@@H]7OC(C)=O)nn6)nn5)[C@@H](OC(=O)c5ccccc5)[C@H](OC(=O)c5ccccc5)[C@@H]4OC(=O)c4ccccc4)nn3)nn2)O[C@H](Cn2cc(C)nn2)[C@@H](OC(=O)c2ccccc2)[C@@H]1OC(=O)c1ccccc1. The number of hydrogen-bond donors (Lipinski definition) is 0. The molecule has 10 aromatic rings. The van der Waals surface area contributed by atoms with Gasteiger partial charge in [-0.05, 0) is 74.0 Å². The molecule has 0 saturated carbocycles. The zero-order valence-electron chi connectivity index (χ0n) is 72.6. The molecule has 14 rings (SSSR count). The average molecular weight is 1880 g/mol. The molecule has 5 aromatic carbocycles. The first-order valence-electron chi connectivity index (χ1n) is 42.1. The quantitative estimate of drug-likeness (QED) is 0.0197. The summed E-state index contributed by atoms with van der Waals surface area (Å²) in [6.07, 6.45) is -15.1. The van der Waals surface area contributed by atoms with E-state index in [1.54, 1.807) is 150 Å². The van der Waals surface area contributed by atoms with E-state index >= 15 is 0 Å². The van der Waals surface area contributed by atoms with Crippen LogP contribution in [0.2, 0.25) is 6.32 Å². The molecule has 0 bridgehead atoms. The van der Waals surface area contributed by atoms with Gasteiger partial charge in [0, 0.05) is 40.8 Å². The fraction of sp³-hybridized carbons (Fsp3) is 0.425. The van der Waals surface area contributed by atoms with E-state index < -0.39 is 194 Å². The van der Waals surface area contributed by atoms with Crippen LogP contribution in [0.15, 0.2) is 183 Å². The molecular weight excluding hydrogens is 1780 g/mol. The highest BCUT2D eigenvalue weighted by molar-refractivity contribution is 6.21. The summed E-state index contributed by atoms with van der Waals surface area (Å²) in [5, 5.41) is 41.9. The van der Waals surface area contributed by atoms with Gasteiger partial charge in [-0.25, -0.2) is 38.0 Å². The first kappa shape index (κ1) is 95.9. The lowest BCUT2D eigenvalue weighted by Gasteiger charge is -2.45. The smallest absolute Gasteiger partial charge is 0.338 e. The molecule has 0 radical (unpaired) electrons. The van der Waals surface area contributed by atoms with E-state index in [4.69, 9.17) is 108 Å². The molecule has 43 nitrogen and oxygen atoms in total. The summed E-state index contributed by atoms with van der Waals surface area (Å²) in [6, 6.07) is 40.5. The van der Waals surface area contributed by atoms with Gasteiger partial charge in [-0.2, -0.15) is 0 Å². The Balaban J connectivity index is 0.685. The van der Waals surface area contributed by atoms with Gasteiger partial charge in [0.25, 0.3) is 0 Å². The van der Waals surface area contributed by atoms with Gasteiger partial charge in [-0.3, -0.25) is 33.3 Å². The molecule has 4 fully saturated rings. The second-order valence-electron chi connectivity index (χ2n) is 31.1. The summed E-state index contributed by atoms with van der Waals surface area (Å²) in [5.74, 6) is -12.1. The second kappa shape index (κ2) is 44.8. The average Bonchev–Trinajstić information content (AvgIpc) is 1.63. The van der Waals surface area contributed by atoms with Crippen LogP contribution >= 0.6 is 23.2 Å². The third-order valence-corrected chi connectivity index (χ3v) is 22.0. The fourth-order valence-corrected chi connectivity index (χ4v) is 15.8. The van der Waals surface area contributed by atoms with Gasteiger partial charge >= 0.3 is 59.7 Å². The normalized spacial score (nSPS) is 25.0. The first-order chi connectivity index (χ1) is 64.2. The van der Waals surface area contributed by atoms with Gasteiger partial charge in [0.05, 0.1) is 123 Å². The molecule has 0 amide bonds. The lowest BCUT2D eigenvalue weighted by molar-refractivity contribution is -0.359. The van der Waals surface area contributed by atoms with Crippen molar-refractivity contribution in [2.24, 2.45) is 5.92 Å². The Kier molecular flexibility index (Phi) is 32.3. The summed E-state index contributed by atoms with van der Waals surface area (Å²) in [5.41, 5.74) is 2.30. The number of benzene rings is 5. The van der Waals surface area contributed by atoms with E-state index in [1.807, 2.05) is 7.85 Å².